The summed E-state index contributed by atoms with van der Waals surface area (Å²) in [7, 11) is -2.27. The van der Waals surface area contributed by atoms with Crippen LogP contribution in [0.1, 0.15) is 22.3 Å². The van der Waals surface area contributed by atoms with E-state index in [0.717, 1.165) is 37.3 Å². The van der Waals surface area contributed by atoms with Crippen LogP contribution in [0, 0.1) is 13.8 Å². The zero-order valence-electron chi connectivity index (χ0n) is 21.4. The van der Waals surface area contributed by atoms with Crippen molar-refractivity contribution in [3.05, 3.63) is 99.5 Å². The summed E-state index contributed by atoms with van der Waals surface area (Å²) in [5, 5.41) is 2.68. The van der Waals surface area contributed by atoms with E-state index >= 15 is 0 Å². The van der Waals surface area contributed by atoms with Crippen LogP contribution in [0.2, 0.25) is 0 Å². The lowest BCUT2D eigenvalue weighted by molar-refractivity contribution is -0.139. The molecule has 0 aliphatic carbocycles. The first-order valence-corrected chi connectivity index (χ1v) is 14.5. The average Bonchev–Trinajstić information content (AvgIpc) is 2.86. The molecule has 3 rings (SSSR count). The minimum absolute atomic E-state index is 0.155. The number of nitrogens with one attached hydrogen (secondary N) is 1. The predicted octanol–water partition coefficient (Wildman–Crippen LogP) is 4.22. The summed E-state index contributed by atoms with van der Waals surface area (Å²) in [5.41, 5.74) is 3.98. The summed E-state index contributed by atoms with van der Waals surface area (Å²) in [6.45, 7) is 3.52. The van der Waals surface area contributed by atoms with Crippen molar-refractivity contribution in [2.24, 2.45) is 0 Å². The maximum atomic E-state index is 13.9. The number of aryl methyl sites for hydroxylation is 2. The molecule has 9 heteroatoms. The Hall–Kier alpha value is -3.17. The second-order valence-corrected chi connectivity index (χ2v) is 11.8. The zero-order valence-corrected chi connectivity index (χ0v) is 23.8. The van der Waals surface area contributed by atoms with Crippen LogP contribution in [0.4, 0.5) is 5.69 Å². The number of carbonyl (C=O) groups excluding carboxylic acids is 2. The molecule has 196 valence electrons. The number of sulfonamides is 1. The maximum absolute atomic E-state index is 13.9. The van der Waals surface area contributed by atoms with Gasteiger partial charge in [-0.25, -0.2) is 8.42 Å². The zero-order chi connectivity index (χ0) is 27.2. The minimum atomic E-state index is -3.80. The third-order valence-corrected chi connectivity index (χ3v) is 8.09. The first-order chi connectivity index (χ1) is 17.5. The van der Waals surface area contributed by atoms with Crippen LogP contribution in [0.3, 0.4) is 0 Å². The highest BCUT2D eigenvalue weighted by molar-refractivity contribution is 9.10. The summed E-state index contributed by atoms with van der Waals surface area (Å²) in [5.74, 6) is -0.799. The van der Waals surface area contributed by atoms with E-state index < -0.39 is 28.5 Å². The lowest BCUT2D eigenvalue weighted by atomic mass is 10.0. The van der Waals surface area contributed by atoms with Gasteiger partial charge in [0.05, 0.1) is 11.9 Å². The highest BCUT2D eigenvalue weighted by Gasteiger charge is 2.32. The van der Waals surface area contributed by atoms with E-state index in [1.807, 2.05) is 68.4 Å². The van der Waals surface area contributed by atoms with Gasteiger partial charge in [0.2, 0.25) is 21.8 Å². The third-order valence-electron chi connectivity index (χ3n) is 6.06. The molecule has 0 fully saturated rings. The van der Waals surface area contributed by atoms with Crippen LogP contribution < -0.4 is 9.62 Å². The third kappa shape index (κ3) is 7.66. The number of carbonyl (C=O) groups is 2. The predicted molar refractivity (Wildman–Crippen MR) is 151 cm³/mol. The molecule has 3 aromatic carbocycles. The van der Waals surface area contributed by atoms with Crippen molar-refractivity contribution in [2.45, 2.75) is 32.9 Å². The normalized spacial score (nSPS) is 12.0. The van der Waals surface area contributed by atoms with Crippen molar-refractivity contribution in [1.29, 1.82) is 0 Å². The van der Waals surface area contributed by atoms with E-state index in [1.165, 1.54) is 11.9 Å². The monoisotopic (exact) mass is 585 g/mol. The number of rotatable bonds is 10. The number of anilines is 1. The molecule has 0 aromatic heterocycles. The van der Waals surface area contributed by atoms with Crippen LogP contribution in [-0.4, -0.2) is 51.0 Å². The Morgan fingerprint density at radius 1 is 0.946 bits per heavy atom. The topological polar surface area (TPSA) is 86.8 Å². The van der Waals surface area contributed by atoms with Crippen molar-refractivity contribution in [2.75, 3.05) is 24.2 Å². The second-order valence-electron chi connectivity index (χ2n) is 9.03. The van der Waals surface area contributed by atoms with E-state index in [1.54, 1.807) is 18.2 Å². The summed E-state index contributed by atoms with van der Waals surface area (Å²) in [6, 6.07) is 21.4. The molecule has 1 unspecified atom stereocenters. The van der Waals surface area contributed by atoms with Crippen molar-refractivity contribution in [3.8, 4) is 0 Å². The largest absolute Gasteiger partial charge is 0.357 e. The van der Waals surface area contributed by atoms with Crippen LogP contribution >= 0.6 is 15.9 Å². The molecular formula is C28H32BrN3O4S. The van der Waals surface area contributed by atoms with Gasteiger partial charge in [0, 0.05) is 24.5 Å². The molecule has 7 nitrogen and oxygen atoms in total. The molecule has 37 heavy (non-hydrogen) atoms. The molecule has 2 amide bonds. The fraction of sp³-hybridized carbons (Fsp3) is 0.286. The van der Waals surface area contributed by atoms with Gasteiger partial charge in [-0.2, -0.15) is 0 Å². The molecule has 1 atom stereocenters. The maximum Gasteiger partial charge on any atom is 0.244 e. The Kier molecular flexibility index (Phi) is 9.50. The fourth-order valence-electron chi connectivity index (χ4n) is 4.13. The molecule has 0 aliphatic rings. The fourth-order valence-corrected chi connectivity index (χ4v) is 5.21. The van der Waals surface area contributed by atoms with E-state index in [9.17, 15) is 18.0 Å². The van der Waals surface area contributed by atoms with Crippen molar-refractivity contribution >= 4 is 43.5 Å². The highest BCUT2D eigenvalue weighted by Crippen LogP contribution is 2.25. The first-order valence-electron chi connectivity index (χ1n) is 11.8. The van der Waals surface area contributed by atoms with Gasteiger partial charge in [-0.15, -0.1) is 0 Å². The van der Waals surface area contributed by atoms with Gasteiger partial charge in [0.25, 0.3) is 0 Å². The summed E-state index contributed by atoms with van der Waals surface area (Å²) in [6.07, 6.45) is 1.36. The standard InChI is InChI=1S/C28H32BrN3O4S/c1-20-9-8-12-23(15-20)18-31(26(28(34)30-3)17-22-10-6-5-7-11-22)27(33)19-32(37(4,35)36)24-13-14-25(29)21(2)16-24/h5-16,26H,17-19H2,1-4H3,(H,30,34). The van der Waals surface area contributed by atoms with Crippen LogP contribution in [0.15, 0.2) is 77.3 Å². The molecule has 0 saturated heterocycles. The van der Waals surface area contributed by atoms with E-state index in [2.05, 4.69) is 21.2 Å². The van der Waals surface area contributed by atoms with Gasteiger partial charge in [-0.3, -0.25) is 13.9 Å². The molecule has 3 aromatic rings. The van der Waals surface area contributed by atoms with Gasteiger partial charge in [0.1, 0.15) is 12.6 Å². The number of benzene rings is 3. The molecule has 0 bridgehead atoms. The van der Waals surface area contributed by atoms with Crippen LogP contribution in [0.5, 0.6) is 0 Å². The number of likely N-dealkylation sites (N-methyl/N-ethyl adjacent to an activating group) is 1. The quantitative estimate of drug-likeness (QED) is 0.386. The van der Waals surface area contributed by atoms with E-state index in [-0.39, 0.29) is 18.9 Å². The van der Waals surface area contributed by atoms with Gasteiger partial charge >= 0.3 is 0 Å². The SMILES string of the molecule is CNC(=O)C(Cc1ccccc1)N(Cc1cccc(C)c1)C(=O)CN(c1ccc(Br)c(C)c1)S(C)(=O)=O. The molecule has 0 heterocycles. The summed E-state index contributed by atoms with van der Waals surface area (Å²) >= 11 is 3.43. The van der Waals surface area contributed by atoms with Crippen molar-refractivity contribution in [1.82, 2.24) is 10.2 Å². The van der Waals surface area contributed by atoms with Crippen LogP contribution in [-0.2, 0) is 32.6 Å². The molecule has 0 saturated carbocycles. The van der Waals surface area contributed by atoms with Gasteiger partial charge in [-0.1, -0.05) is 76.1 Å². The molecule has 0 spiro atoms. The number of nitrogens with zero attached hydrogens (tertiary/aromatic N) is 2. The molecule has 0 radical (unpaired) electrons. The Labute approximate surface area is 227 Å². The number of hydrogen-bond donors (Lipinski definition) is 1. The summed E-state index contributed by atoms with van der Waals surface area (Å²) < 4.78 is 27.5. The lowest BCUT2D eigenvalue weighted by Gasteiger charge is -2.33. The van der Waals surface area contributed by atoms with Gasteiger partial charge in [0.15, 0.2) is 0 Å². The Morgan fingerprint density at radius 3 is 2.22 bits per heavy atom. The van der Waals surface area contributed by atoms with Crippen LogP contribution in [0.25, 0.3) is 0 Å². The van der Waals surface area contributed by atoms with Gasteiger partial charge in [-0.05, 0) is 48.7 Å². The van der Waals surface area contributed by atoms with E-state index in [4.69, 9.17) is 0 Å². The Balaban J connectivity index is 2.04. The number of amides is 2. The van der Waals surface area contributed by atoms with Crippen molar-refractivity contribution < 1.29 is 18.0 Å². The van der Waals surface area contributed by atoms with Gasteiger partial charge < -0.3 is 10.2 Å². The first kappa shape index (κ1) is 28.4. The van der Waals surface area contributed by atoms with Crippen molar-refractivity contribution in [3.63, 3.8) is 0 Å². The smallest absolute Gasteiger partial charge is 0.244 e. The van der Waals surface area contributed by atoms with E-state index in [0.29, 0.717) is 5.69 Å². The summed E-state index contributed by atoms with van der Waals surface area (Å²) in [4.78, 5) is 28.5. The molecule has 0 aliphatic heterocycles. The Morgan fingerprint density at radius 2 is 1.62 bits per heavy atom. The number of halogens is 1. The molecular weight excluding hydrogens is 554 g/mol. The lowest BCUT2D eigenvalue weighted by Crippen LogP contribution is -2.52. The Bertz CT molecular complexity index is 1360. The molecule has 1 N–H and O–H groups in total. The number of hydrogen-bond acceptors (Lipinski definition) is 4. The second kappa shape index (κ2) is 12.4. The average molecular weight is 587 g/mol. The highest BCUT2D eigenvalue weighted by atomic mass is 79.9. The minimum Gasteiger partial charge on any atom is -0.357 e.